The van der Waals surface area contributed by atoms with Crippen LogP contribution in [0.2, 0.25) is 0 Å². The number of hydrogen-bond acceptors (Lipinski definition) is 7. The van der Waals surface area contributed by atoms with Gasteiger partial charge in [0.05, 0.1) is 6.61 Å². The zero-order valence-electron chi connectivity index (χ0n) is 9.13. The Balaban J connectivity index is 2.83. The van der Waals surface area contributed by atoms with Crippen LogP contribution in [-0.4, -0.2) is 77.0 Å². The van der Waals surface area contributed by atoms with Crippen molar-refractivity contribution in [3.63, 3.8) is 0 Å². The molecule has 0 radical (unpaired) electrons. The highest BCUT2D eigenvalue weighted by molar-refractivity contribution is 6.22. The third kappa shape index (κ3) is 3.20. The lowest BCUT2D eigenvalue weighted by Gasteiger charge is -2.39. The van der Waals surface area contributed by atoms with Crippen molar-refractivity contribution in [2.24, 2.45) is 4.99 Å². The molecule has 1 rings (SSSR count). The summed E-state index contributed by atoms with van der Waals surface area (Å²) in [5.74, 6) is -1.29. The second-order valence-corrected chi connectivity index (χ2v) is 3.55. The van der Waals surface area contributed by atoms with Gasteiger partial charge in [0.15, 0.2) is 6.29 Å². The van der Waals surface area contributed by atoms with Gasteiger partial charge in [-0.25, -0.2) is 4.79 Å². The van der Waals surface area contributed by atoms with Crippen molar-refractivity contribution >= 4 is 12.2 Å². The van der Waals surface area contributed by atoms with Crippen LogP contribution in [-0.2, 0) is 14.3 Å². The molecule has 0 saturated carbocycles. The van der Waals surface area contributed by atoms with Gasteiger partial charge in [0, 0.05) is 7.11 Å². The van der Waals surface area contributed by atoms with E-state index >= 15 is 0 Å². The van der Waals surface area contributed by atoms with E-state index in [4.69, 9.17) is 19.7 Å². The van der Waals surface area contributed by atoms with Crippen LogP contribution in [0, 0.1) is 0 Å². The van der Waals surface area contributed by atoms with Crippen LogP contribution in [0.1, 0.15) is 0 Å². The molecule has 5 atom stereocenters. The van der Waals surface area contributed by atoms with E-state index in [2.05, 4.69) is 4.99 Å². The fraction of sp³-hybridized carbons (Fsp3) is 0.778. The molecule has 8 nitrogen and oxygen atoms in total. The zero-order chi connectivity index (χ0) is 13.0. The molecule has 0 aliphatic carbocycles. The lowest BCUT2D eigenvalue weighted by atomic mass is 9.97. The third-order valence-corrected chi connectivity index (χ3v) is 2.44. The first-order valence-electron chi connectivity index (χ1n) is 4.92. The molecular weight excluding hydrogens is 234 g/mol. The van der Waals surface area contributed by atoms with Crippen LogP contribution < -0.4 is 0 Å². The fourth-order valence-corrected chi connectivity index (χ4v) is 1.57. The number of carbonyl (C=O) groups is 1. The molecule has 1 aliphatic rings. The summed E-state index contributed by atoms with van der Waals surface area (Å²) in [5.41, 5.74) is 0. The van der Waals surface area contributed by atoms with Crippen molar-refractivity contribution in [1.82, 2.24) is 0 Å². The molecular formula is C9H15NO7. The van der Waals surface area contributed by atoms with Gasteiger partial charge in [0.1, 0.15) is 30.6 Å². The summed E-state index contributed by atoms with van der Waals surface area (Å²) in [5, 5.41) is 36.7. The molecule has 1 heterocycles. The predicted octanol–water partition coefficient (Wildman–Crippen LogP) is -2.40. The standard InChI is InChI=1S/C9H15NO7/c1-16-9-6(10-2-5(12)13)8(15)7(14)4(3-11)17-9/h2,4,6-9,11,14-15H,3H2,1H3,(H,12,13)/b10-2-/t4?,6-,7-,8?,9+/m0/s1. The van der Waals surface area contributed by atoms with Gasteiger partial charge < -0.3 is 29.9 Å². The van der Waals surface area contributed by atoms with Crippen molar-refractivity contribution in [1.29, 1.82) is 0 Å². The average molecular weight is 249 g/mol. The molecule has 98 valence electrons. The lowest BCUT2D eigenvalue weighted by Crippen LogP contribution is -2.58. The van der Waals surface area contributed by atoms with E-state index in [0.29, 0.717) is 6.21 Å². The topological polar surface area (TPSA) is 129 Å². The normalized spacial score (nSPS) is 38.5. The first-order chi connectivity index (χ1) is 8.01. The number of aliphatic carboxylic acids is 1. The highest BCUT2D eigenvalue weighted by Gasteiger charge is 2.44. The Morgan fingerprint density at radius 1 is 1.47 bits per heavy atom. The van der Waals surface area contributed by atoms with Crippen LogP contribution >= 0.6 is 0 Å². The first kappa shape index (κ1) is 14.0. The van der Waals surface area contributed by atoms with Gasteiger partial charge in [-0.05, 0) is 0 Å². The number of carboxylic acid groups (broad SMARTS) is 1. The monoisotopic (exact) mass is 249 g/mol. The van der Waals surface area contributed by atoms with Crippen molar-refractivity contribution in [3.05, 3.63) is 0 Å². The van der Waals surface area contributed by atoms with E-state index in [1.165, 1.54) is 7.11 Å². The van der Waals surface area contributed by atoms with Crippen LogP contribution in [0.4, 0.5) is 0 Å². The molecule has 4 N–H and O–H groups in total. The molecule has 0 spiro atoms. The summed E-state index contributed by atoms with van der Waals surface area (Å²) in [6, 6.07) is -1.06. The Kier molecular flexibility index (Phi) is 4.97. The number of aliphatic hydroxyl groups excluding tert-OH is 3. The van der Waals surface area contributed by atoms with E-state index in [1.54, 1.807) is 0 Å². The molecule has 0 aromatic carbocycles. The molecule has 17 heavy (non-hydrogen) atoms. The molecule has 0 aromatic rings. The Morgan fingerprint density at radius 3 is 2.59 bits per heavy atom. The van der Waals surface area contributed by atoms with E-state index < -0.39 is 43.2 Å². The van der Waals surface area contributed by atoms with Gasteiger partial charge >= 0.3 is 5.97 Å². The minimum absolute atomic E-state index is 0.493. The number of methoxy groups -OCH3 is 1. The molecule has 8 heteroatoms. The first-order valence-corrected chi connectivity index (χ1v) is 4.92. The van der Waals surface area contributed by atoms with E-state index in [9.17, 15) is 15.0 Å². The average Bonchev–Trinajstić information content (AvgIpc) is 2.30. The van der Waals surface area contributed by atoms with Gasteiger partial charge in [0.25, 0.3) is 0 Å². The number of hydrogen-bond donors (Lipinski definition) is 4. The van der Waals surface area contributed by atoms with Gasteiger partial charge in [0.2, 0.25) is 0 Å². The molecule has 0 bridgehead atoms. The maximum Gasteiger partial charge on any atom is 0.346 e. The molecule has 1 saturated heterocycles. The van der Waals surface area contributed by atoms with Crippen LogP contribution in [0.15, 0.2) is 4.99 Å². The van der Waals surface area contributed by atoms with Gasteiger partial charge in [-0.15, -0.1) is 0 Å². The smallest absolute Gasteiger partial charge is 0.346 e. The van der Waals surface area contributed by atoms with E-state index in [1.807, 2.05) is 0 Å². The van der Waals surface area contributed by atoms with Crippen LogP contribution in [0.3, 0.4) is 0 Å². The molecule has 1 aliphatic heterocycles. The van der Waals surface area contributed by atoms with Gasteiger partial charge in [-0.3, -0.25) is 4.99 Å². The number of aliphatic hydroxyl groups is 3. The number of aliphatic imine (C=N–C) groups is 1. The van der Waals surface area contributed by atoms with E-state index in [0.717, 1.165) is 0 Å². The third-order valence-electron chi connectivity index (χ3n) is 2.44. The Hall–Kier alpha value is -1.06. The Labute approximate surface area is 97.1 Å². The summed E-state index contributed by atoms with van der Waals surface area (Å²) >= 11 is 0. The summed E-state index contributed by atoms with van der Waals surface area (Å²) in [6.45, 7) is -0.493. The number of ether oxygens (including phenoxy) is 2. The van der Waals surface area contributed by atoms with Crippen molar-refractivity contribution < 1.29 is 34.7 Å². The van der Waals surface area contributed by atoms with Crippen LogP contribution in [0.25, 0.3) is 0 Å². The zero-order valence-corrected chi connectivity index (χ0v) is 9.13. The minimum Gasteiger partial charge on any atom is -0.477 e. The summed E-state index contributed by atoms with van der Waals surface area (Å²) in [4.78, 5) is 13.9. The summed E-state index contributed by atoms with van der Waals surface area (Å²) in [7, 11) is 1.28. The fourth-order valence-electron chi connectivity index (χ4n) is 1.57. The number of rotatable bonds is 4. The minimum atomic E-state index is -1.37. The SMILES string of the molecule is CO[C@@H]1OC(CO)[C@H](O)C(O)[C@@H]1/N=C\C(=O)O. The van der Waals surface area contributed by atoms with Gasteiger partial charge in [-0.2, -0.15) is 0 Å². The Bertz CT molecular complexity index is 293. The largest absolute Gasteiger partial charge is 0.477 e. The molecule has 0 aromatic heterocycles. The summed E-state index contributed by atoms with van der Waals surface area (Å²) in [6.07, 6.45) is -4.16. The second kappa shape index (κ2) is 6.03. The highest BCUT2D eigenvalue weighted by Crippen LogP contribution is 2.23. The highest BCUT2D eigenvalue weighted by atomic mass is 16.7. The quantitative estimate of drug-likeness (QED) is 0.408. The van der Waals surface area contributed by atoms with Crippen molar-refractivity contribution in [2.45, 2.75) is 30.6 Å². The maximum absolute atomic E-state index is 10.3. The predicted molar refractivity (Wildman–Crippen MR) is 54.7 cm³/mol. The van der Waals surface area contributed by atoms with Crippen molar-refractivity contribution in [2.75, 3.05) is 13.7 Å². The van der Waals surface area contributed by atoms with Crippen molar-refractivity contribution in [3.8, 4) is 0 Å². The maximum atomic E-state index is 10.3. The Morgan fingerprint density at radius 2 is 2.12 bits per heavy atom. The summed E-state index contributed by atoms with van der Waals surface area (Å²) < 4.78 is 10.00. The molecule has 0 amide bonds. The second-order valence-electron chi connectivity index (χ2n) is 3.55. The van der Waals surface area contributed by atoms with Gasteiger partial charge in [-0.1, -0.05) is 0 Å². The lowest BCUT2D eigenvalue weighted by molar-refractivity contribution is -0.257. The van der Waals surface area contributed by atoms with E-state index in [-0.39, 0.29) is 0 Å². The number of nitrogens with zero attached hydrogens (tertiary/aromatic N) is 1. The van der Waals surface area contributed by atoms with Crippen LogP contribution in [0.5, 0.6) is 0 Å². The molecule has 1 fully saturated rings. The number of carboxylic acids is 1. The molecule has 2 unspecified atom stereocenters.